The molecule has 1 aromatic rings. The summed E-state index contributed by atoms with van der Waals surface area (Å²) in [5.41, 5.74) is 2.11. The zero-order chi connectivity index (χ0) is 12.0. The molecule has 4 nitrogen and oxygen atoms in total. The van der Waals surface area contributed by atoms with Gasteiger partial charge in [-0.1, -0.05) is 29.8 Å². The SMILES string of the molecule is CNC(=O)CNC(=O)Cc1ccc(C)cc1. The van der Waals surface area contributed by atoms with E-state index in [0.29, 0.717) is 6.42 Å². The second-order valence-corrected chi connectivity index (χ2v) is 3.61. The van der Waals surface area contributed by atoms with Gasteiger partial charge in [0.25, 0.3) is 0 Å². The van der Waals surface area contributed by atoms with Crippen molar-refractivity contribution in [3.05, 3.63) is 35.4 Å². The summed E-state index contributed by atoms with van der Waals surface area (Å²) in [5.74, 6) is -0.343. The van der Waals surface area contributed by atoms with Crippen LogP contribution in [0.15, 0.2) is 24.3 Å². The molecule has 16 heavy (non-hydrogen) atoms. The Labute approximate surface area is 95.0 Å². The number of likely N-dealkylation sites (N-methyl/N-ethyl adjacent to an activating group) is 1. The number of amides is 2. The topological polar surface area (TPSA) is 58.2 Å². The van der Waals surface area contributed by atoms with Gasteiger partial charge in [-0.25, -0.2) is 0 Å². The largest absolute Gasteiger partial charge is 0.358 e. The Morgan fingerprint density at radius 1 is 1.12 bits per heavy atom. The number of hydrogen-bond acceptors (Lipinski definition) is 2. The quantitative estimate of drug-likeness (QED) is 0.771. The molecule has 2 amide bonds. The van der Waals surface area contributed by atoms with Crippen molar-refractivity contribution in [2.24, 2.45) is 0 Å². The minimum Gasteiger partial charge on any atom is -0.358 e. The number of benzene rings is 1. The first kappa shape index (κ1) is 12.2. The normalized spacial score (nSPS) is 9.62. The first-order valence-corrected chi connectivity index (χ1v) is 5.14. The van der Waals surface area contributed by atoms with Crippen molar-refractivity contribution in [2.45, 2.75) is 13.3 Å². The van der Waals surface area contributed by atoms with Gasteiger partial charge in [-0.15, -0.1) is 0 Å². The lowest BCUT2D eigenvalue weighted by atomic mass is 10.1. The molecule has 0 saturated carbocycles. The van der Waals surface area contributed by atoms with Crippen LogP contribution in [0.5, 0.6) is 0 Å². The fraction of sp³-hybridized carbons (Fsp3) is 0.333. The van der Waals surface area contributed by atoms with Crippen LogP contribution in [0.1, 0.15) is 11.1 Å². The molecule has 0 aromatic heterocycles. The molecule has 2 N–H and O–H groups in total. The van der Waals surface area contributed by atoms with Crippen molar-refractivity contribution in [2.75, 3.05) is 13.6 Å². The minimum absolute atomic E-state index is 0.0290. The van der Waals surface area contributed by atoms with Crippen molar-refractivity contribution in [3.63, 3.8) is 0 Å². The molecule has 0 aliphatic carbocycles. The van der Waals surface area contributed by atoms with Crippen molar-refractivity contribution in [3.8, 4) is 0 Å². The van der Waals surface area contributed by atoms with Crippen LogP contribution in [0.3, 0.4) is 0 Å². The van der Waals surface area contributed by atoms with E-state index in [1.54, 1.807) is 0 Å². The van der Waals surface area contributed by atoms with Crippen LogP contribution in [0.4, 0.5) is 0 Å². The summed E-state index contributed by atoms with van der Waals surface area (Å²) in [7, 11) is 1.54. The average Bonchev–Trinajstić information content (AvgIpc) is 2.29. The summed E-state index contributed by atoms with van der Waals surface area (Å²) in [5, 5.41) is 4.98. The maximum Gasteiger partial charge on any atom is 0.239 e. The monoisotopic (exact) mass is 220 g/mol. The molecule has 86 valence electrons. The summed E-state index contributed by atoms with van der Waals surface area (Å²) < 4.78 is 0. The number of nitrogens with one attached hydrogen (secondary N) is 2. The molecule has 0 spiro atoms. The van der Waals surface area contributed by atoms with E-state index < -0.39 is 0 Å². The Balaban J connectivity index is 2.40. The molecule has 1 aromatic carbocycles. The van der Waals surface area contributed by atoms with E-state index in [1.165, 1.54) is 7.05 Å². The van der Waals surface area contributed by atoms with E-state index in [1.807, 2.05) is 31.2 Å². The van der Waals surface area contributed by atoms with Gasteiger partial charge < -0.3 is 10.6 Å². The zero-order valence-electron chi connectivity index (χ0n) is 9.54. The minimum atomic E-state index is -0.197. The van der Waals surface area contributed by atoms with Crippen LogP contribution in [0.2, 0.25) is 0 Å². The van der Waals surface area contributed by atoms with E-state index >= 15 is 0 Å². The van der Waals surface area contributed by atoms with Gasteiger partial charge in [0, 0.05) is 7.05 Å². The van der Waals surface area contributed by atoms with Crippen LogP contribution >= 0.6 is 0 Å². The van der Waals surface area contributed by atoms with Gasteiger partial charge in [0.2, 0.25) is 11.8 Å². The third-order valence-electron chi connectivity index (χ3n) is 2.21. The first-order valence-electron chi connectivity index (χ1n) is 5.14. The van der Waals surface area contributed by atoms with E-state index in [2.05, 4.69) is 10.6 Å². The Morgan fingerprint density at radius 3 is 2.31 bits per heavy atom. The Kier molecular flexibility index (Phi) is 4.51. The maximum absolute atomic E-state index is 11.4. The molecular weight excluding hydrogens is 204 g/mol. The van der Waals surface area contributed by atoms with Crippen molar-refractivity contribution >= 4 is 11.8 Å². The van der Waals surface area contributed by atoms with Crippen LogP contribution < -0.4 is 10.6 Å². The third-order valence-corrected chi connectivity index (χ3v) is 2.21. The number of rotatable bonds is 4. The van der Waals surface area contributed by atoms with Crippen LogP contribution in [0.25, 0.3) is 0 Å². The van der Waals surface area contributed by atoms with Crippen molar-refractivity contribution in [1.82, 2.24) is 10.6 Å². The lowest BCUT2D eigenvalue weighted by Crippen LogP contribution is -2.35. The number of carbonyl (C=O) groups is 2. The van der Waals surface area contributed by atoms with E-state index in [0.717, 1.165) is 11.1 Å². The number of hydrogen-bond donors (Lipinski definition) is 2. The molecule has 0 aliphatic rings. The molecule has 0 aliphatic heterocycles. The summed E-state index contributed by atoms with van der Waals surface area (Å²) in [6.07, 6.45) is 0.303. The fourth-order valence-electron chi connectivity index (χ4n) is 1.22. The molecular formula is C12H16N2O2. The highest BCUT2D eigenvalue weighted by Gasteiger charge is 2.04. The van der Waals surface area contributed by atoms with Gasteiger partial charge in [-0.3, -0.25) is 9.59 Å². The summed E-state index contributed by atoms with van der Waals surface area (Å²) in [6, 6.07) is 7.74. The highest BCUT2D eigenvalue weighted by atomic mass is 16.2. The fourth-order valence-corrected chi connectivity index (χ4v) is 1.22. The number of aryl methyl sites for hydroxylation is 1. The predicted octanol–water partition coefficient (Wildman–Crippen LogP) is 0.400. The second kappa shape index (κ2) is 5.90. The third kappa shape index (κ3) is 4.13. The van der Waals surface area contributed by atoms with Crippen LogP contribution in [0, 0.1) is 6.92 Å². The molecule has 0 heterocycles. The average molecular weight is 220 g/mol. The van der Waals surface area contributed by atoms with Crippen LogP contribution in [-0.2, 0) is 16.0 Å². The van der Waals surface area contributed by atoms with Gasteiger partial charge in [-0.2, -0.15) is 0 Å². The van der Waals surface area contributed by atoms with Crippen LogP contribution in [-0.4, -0.2) is 25.4 Å². The smallest absolute Gasteiger partial charge is 0.239 e. The standard InChI is InChI=1S/C12H16N2O2/c1-9-3-5-10(6-4-9)7-11(15)14-8-12(16)13-2/h3-6H,7-8H2,1-2H3,(H,13,16)(H,14,15). The van der Waals surface area contributed by atoms with E-state index in [9.17, 15) is 9.59 Å². The van der Waals surface area contributed by atoms with Gasteiger partial charge in [-0.05, 0) is 12.5 Å². The summed E-state index contributed by atoms with van der Waals surface area (Å²) in [6.45, 7) is 2.02. The lowest BCUT2D eigenvalue weighted by Gasteiger charge is -2.04. The molecule has 0 atom stereocenters. The maximum atomic E-state index is 11.4. The highest BCUT2D eigenvalue weighted by Crippen LogP contribution is 2.03. The Bertz CT molecular complexity index is 371. The molecule has 0 unspecified atom stereocenters. The molecule has 0 radical (unpaired) electrons. The first-order chi connectivity index (χ1) is 7.61. The summed E-state index contributed by atoms with van der Waals surface area (Å²) >= 11 is 0. The highest BCUT2D eigenvalue weighted by molar-refractivity contribution is 5.85. The predicted molar refractivity (Wildman–Crippen MR) is 62.0 cm³/mol. The van der Waals surface area contributed by atoms with Gasteiger partial charge >= 0.3 is 0 Å². The zero-order valence-corrected chi connectivity index (χ0v) is 9.54. The molecule has 4 heteroatoms. The van der Waals surface area contributed by atoms with Crippen molar-refractivity contribution < 1.29 is 9.59 Å². The molecule has 0 saturated heterocycles. The lowest BCUT2D eigenvalue weighted by molar-refractivity contribution is -0.125. The van der Waals surface area contributed by atoms with E-state index in [-0.39, 0.29) is 18.4 Å². The van der Waals surface area contributed by atoms with Gasteiger partial charge in [0.1, 0.15) is 0 Å². The molecule has 1 rings (SSSR count). The van der Waals surface area contributed by atoms with E-state index in [4.69, 9.17) is 0 Å². The van der Waals surface area contributed by atoms with Crippen molar-refractivity contribution in [1.29, 1.82) is 0 Å². The Morgan fingerprint density at radius 2 is 1.75 bits per heavy atom. The van der Waals surface area contributed by atoms with Gasteiger partial charge in [0.05, 0.1) is 13.0 Å². The Hall–Kier alpha value is -1.84. The molecule has 0 fully saturated rings. The second-order valence-electron chi connectivity index (χ2n) is 3.61. The molecule has 0 bridgehead atoms. The summed E-state index contributed by atoms with van der Waals surface area (Å²) in [4.78, 5) is 22.3. The van der Waals surface area contributed by atoms with Gasteiger partial charge in [0.15, 0.2) is 0 Å². The number of carbonyl (C=O) groups excluding carboxylic acids is 2.